The van der Waals surface area contributed by atoms with Crippen molar-refractivity contribution in [3.63, 3.8) is 0 Å². The van der Waals surface area contributed by atoms with Gasteiger partial charge in [-0.3, -0.25) is 0 Å². The normalized spacial score (nSPS) is 11.5. The third-order valence-corrected chi connectivity index (χ3v) is 12.4. The number of hydrogen-bond acceptors (Lipinski definition) is 2. The molecule has 0 aliphatic carbocycles. The summed E-state index contributed by atoms with van der Waals surface area (Å²) in [6, 6.07) is 85.3. The van der Waals surface area contributed by atoms with Crippen LogP contribution >= 0.6 is 0 Å². The zero-order chi connectivity index (χ0) is 41.0. The summed E-state index contributed by atoms with van der Waals surface area (Å²) in [4.78, 5) is 2.35. The van der Waals surface area contributed by atoms with Gasteiger partial charge in [0.2, 0.25) is 0 Å². The number of furan rings is 1. The van der Waals surface area contributed by atoms with Crippen molar-refractivity contribution in [3.8, 4) is 44.5 Å². The lowest BCUT2D eigenvalue weighted by Crippen LogP contribution is -2.09. The first-order valence-electron chi connectivity index (χ1n) is 21.2. The molecule has 0 aliphatic rings. The van der Waals surface area contributed by atoms with E-state index in [0.29, 0.717) is 0 Å². The van der Waals surface area contributed by atoms with Crippen LogP contribution in [0.4, 0.5) is 17.1 Å². The Morgan fingerprint density at radius 2 is 0.742 bits per heavy atom. The summed E-state index contributed by atoms with van der Waals surface area (Å²) in [7, 11) is 0. The van der Waals surface area contributed by atoms with Crippen LogP contribution in [0, 0.1) is 0 Å². The largest absolute Gasteiger partial charge is 0.455 e. The minimum Gasteiger partial charge on any atom is -0.455 e. The Morgan fingerprint density at radius 3 is 1.37 bits per heavy atom. The van der Waals surface area contributed by atoms with Gasteiger partial charge in [0.15, 0.2) is 0 Å². The molecule has 1 heterocycles. The maximum absolute atomic E-state index is 6.92. The lowest BCUT2D eigenvalue weighted by atomic mass is 9.91. The van der Waals surface area contributed by atoms with E-state index in [1.165, 1.54) is 65.7 Å². The molecule has 62 heavy (non-hydrogen) atoms. The molecule has 2 nitrogen and oxygen atoms in total. The van der Waals surface area contributed by atoms with E-state index in [0.717, 1.165) is 50.1 Å². The third kappa shape index (κ3) is 6.12. The number of benzene rings is 11. The average Bonchev–Trinajstić information content (AvgIpc) is 3.71. The topological polar surface area (TPSA) is 16.4 Å². The van der Waals surface area contributed by atoms with Crippen molar-refractivity contribution >= 4 is 71.3 Å². The minimum atomic E-state index is 0.860. The second-order valence-corrected chi connectivity index (χ2v) is 16.1. The van der Waals surface area contributed by atoms with Crippen molar-refractivity contribution in [2.24, 2.45) is 0 Å². The van der Waals surface area contributed by atoms with E-state index in [4.69, 9.17) is 4.42 Å². The lowest BCUT2D eigenvalue weighted by molar-refractivity contribution is 0.670. The minimum absolute atomic E-state index is 0.860. The van der Waals surface area contributed by atoms with Crippen molar-refractivity contribution in [2.45, 2.75) is 0 Å². The predicted octanol–water partition coefficient (Wildman–Crippen LogP) is 17.2. The van der Waals surface area contributed by atoms with Crippen molar-refractivity contribution < 1.29 is 4.42 Å². The molecule has 1 aromatic heterocycles. The SMILES string of the molecule is c1ccc(-c2ccc(N(c3ccc(-c4ccccc4)cc3)c3ccc4oc5c(-c6ccc(-c7cc8ccccc8c8ccccc78)cc6)c6ccccc6cc5c4c3)cc2)cc1. The molecule has 0 saturated carbocycles. The fourth-order valence-electron chi connectivity index (χ4n) is 9.41. The number of fused-ring (bicyclic) bond motifs is 7. The molecule has 0 N–H and O–H groups in total. The third-order valence-electron chi connectivity index (χ3n) is 12.4. The highest BCUT2D eigenvalue weighted by atomic mass is 16.3. The van der Waals surface area contributed by atoms with Gasteiger partial charge >= 0.3 is 0 Å². The Hall–Kier alpha value is -8.20. The van der Waals surface area contributed by atoms with E-state index < -0.39 is 0 Å². The molecule has 0 fully saturated rings. The number of hydrogen-bond donors (Lipinski definition) is 0. The average molecular weight is 790 g/mol. The first-order chi connectivity index (χ1) is 30.7. The monoisotopic (exact) mass is 789 g/mol. The summed E-state index contributed by atoms with van der Waals surface area (Å²) in [6.45, 7) is 0. The van der Waals surface area contributed by atoms with Crippen LogP contribution in [-0.4, -0.2) is 0 Å². The quantitative estimate of drug-likeness (QED) is 0.150. The summed E-state index contributed by atoms with van der Waals surface area (Å²) in [5.74, 6) is 0. The van der Waals surface area contributed by atoms with Crippen LogP contribution in [-0.2, 0) is 0 Å². The molecule has 0 unspecified atom stereocenters. The van der Waals surface area contributed by atoms with E-state index in [1.807, 2.05) is 0 Å². The Morgan fingerprint density at radius 1 is 0.274 bits per heavy atom. The summed E-state index contributed by atoms with van der Waals surface area (Å²) in [6.07, 6.45) is 0. The molecule has 290 valence electrons. The van der Waals surface area contributed by atoms with Gasteiger partial charge in [0.05, 0.1) is 0 Å². The predicted molar refractivity (Wildman–Crippen MR) is 263 cm³/mol. The van der Waals surface area contributed by atoms with Gasteiger partial charge in [-0.1, -0.05) is 182 Å². The van der Waals surface area contributed by atoms with E-state index in [9.17, 15) is 0 Å². The molecule has 0 bridgehead atoms. The highest BCUT2D eigenvalue weighted by Gasteiger charge is 2.20. The molecule has 0 aliphatic heterocycles. The van der Waals surface area contributed by atoms with Crippen LogP contribution in [0.3, 0.4) is 0 Å². The lowest BCUT2D eigenvalue weighted by Gasteiger charge is -2.26. The Kier molecular flexibility index (Phi) is 8.53. The Bertz CT molecular complexity index is 3510. The summed E-state index contributed by atoms with van der Waals surface area (Å²) >= 11 is 0. The van der Waals surface area contributed by atoms with Gasteiger partial charge in [-0.15, -0.1) is 0 Å². The van der Waals surface area contributed by atoms with Crippen LogP contribution < -0.4 is 4.90 Å². The molecule has 0 atom stereocenters. The maximum Gasteiger partial charge on any atom is 0.143 e. The van der Waals surface area contributed by atoms with Gasteiger partial charge in [0.25, 0.3) is 0 Å². The molecule has 12 aromatic rings. The summed E-state index contributed by atoms with van der Waals surface area (Å²) < 4.78 is 6.92. The van der Waals surface area contributed by atoms with E-state index >= 15 is 0 Å². The molecule has 0 saturated heterocycles. The van der Waals surface area contributed by atoms with E-state index in [-0.39, 0.29) is 0 Å². The standard InChI is InChI=1S/C60H39NO/c1-3-13-40(14-4-1)42-27-31-48(32-28-42)61(49-33-29-43(30-34-49)41-15-5-2-6-16-41)50-35-36-58-56(39-50)57-38-47-18-8-10-20-52(47)59(60(57)62-58)45-25-23-44(24-26-45)55-37-46-17-7-9-19-51(46)53-21-11-12-22-54(53)55/h1-39H. The first-order valence-corrected chi connectivity index (χ1v) is 21.2. The zero-order valence-corrected chi connectivity index (χ0v) is 33.9. The van der Waals surface area contributed by atoms with E-state index in [1.54, 1.807) is 0 Å². The molecule has 12 rings (SSSR count). The van der Waals surface area contributed by atoms with Gasteiger partial charge < -0.3 is 9.32 Å². The van der Waals surface area contributed by atoms with Crippen molar-refractivity contribution in [3.05, 3.63) is 237 Å². The molecular formula is C60H39NO. The van der Waals surface area contributed by atoms with Crippen LogP contribution in [0.5, 0.6) is 0 Å². The van der Waals surface area contributed by atoms with Crippen LogP contribution in [0.15, 0.2) is 241 Å². The van der Waals surface area contributed by atoms with Gasteiger partial charge in [-0.2, -0.15) is 0 Å². The smallest absolute Gasteiger partial charge is 0.143 e. The zero-order valence-electron chi connectivity index (χ0n) is 33.9. The molecule has 0 amide bonds. The first kappa shape index (κ1) is 35.7. The van der Waals surface area contributed by atoms with Gasteiger partial charge in [-0.25, -0.2) is 0 Å². The van der Waals surface area contributed by atoms with Gasteiger partial charge in [0.1, 0.15) is 11.2 Å². The Labute approximate surface area is 360 Å². The summed E-state index contributed by atoms with van der Waals surface area (Å²) in [5, 5.41) is 9.57. The van der Waals surface area contributed by atoms with E-state index in [2.05, 4.69) is 241 Å². The molecule has 0 radical (unpaired) electrons. The van der Waals surface area contributed by atoms with Crippen LogP contribution in [0.25, 0.3) is 98.8 Å². The molecule has 2 heteroatoms. The van der Waals surface area contributed by atoms with Crippen molar-refractivity contribution in [1.29, 1.82) is 0 Å². The van der Waals surface area contributed by atoms with Crippen LogP contribution in [0.1, 0.15) is 0 Å². The highest BCUT2D eigenvalue weighted by Crippen LogP contribution is 2.45. The fraction of sp³-hybridized carbons (Fsp3) is 0. The molecule has 11 aromatic carbocycles. The second-order valence-electron chi connectivity index (χ2n) is 16.1. The number of nitrogens with zero attached hydrogens (tertiary/aromatic N) is 1. The van der Waals surface area contributed by atoms with Crippen LogP contribution in [0.2, 0.25) is 0 Å². The van der Waals surface area contributed by atoms with Gasteiger partial charge in [-0.05, 0) is 126 Å². The Balaban J connectivity index is 0.995. The number of rotatable bonds is 7. The fourth-order valence-corrected chi connectivity index (χ4v) is 9.41. The van der Waals surface area contributed by atoms with Crippen molar-refractivity contribution in [1.82, 2.24) is 0 Å². The summed E-state index contributed by atoms with van der Waals surface area (Å²) in [5.41, 5.74) is 14.4. The number of anilines is 3. The highest BCUT2D eigenvalue weighted by molar-refractivity contribution is 6.19. The maximum atomic E-state index is 6.92. The molecular weight excluding hydrogens is 751 g/mol. The second kappa shape index (κ2) is 14.8. The molecule has 0 spiro atoms. The van der Waals surface area contributed by atoms with Gasteiger partial charge in [0, 0.05) is 33.4 Å². The van der Waals surface area contributed by atoms with Crippen molar-refractivity contribution in [2.75, 3.05) is 4.90 Å².